The molecule has 0 aliphatic rings. The fourth-order valence-corrected chi connectivity index (χ4v) is 2.70. The summed E-state index contributed by atoms with van der Waals surface area (Å²) in [5.41, 5.74) is 2.43. The van der Waals surface area contributed by atoms with Crippen molar-refractivity contribution in [3.05, 3.63) is 66.2 Å². The van der Waals surface area contributed by atoms with Crippen molar-refractivity contribution < 1.29 is 4.79 Å². The molecule has 1 amide bonds. The smallest absolute Gasteiger partial charge is 0.255 e. The maximum atomic E-state index is 13.3. The minimum atomic E-state index is -0.0156. The summed E-state index contributed by atoms with van der Waals surface area (Å²) in [6, 6.07) is 11.5. The van der Waals surface area contributed by atoms with E-state index >= 15 is 0 Å². The highest BCUT2D eigenvalue weighted by Gasteiger charge is 2.24. The minimum Gasteiger partial charge on any atom is -0.332 e. The van der Waals surface area contributed by atoms with E-state index in [1.54, 1.807) is 12.4 Å². The van der Waals surface area contributed by atoms with Crippen LogP contribution in [0.1, 0.15) is 36.2 Å². The Balaban J connectivity index is 1.96. The van der Waals surface area contributed by atoms with Gasteiger partial charge in [-0.2, -0.15) is 5.10 Å². The number of rotatable bonds is 6. The molecule has 1 atom stereocenters. The van der Waals surface area contributed by atoms with E-state index in [0.717, 1.165) is 17.5 Å². The molecule has 0 radical (unpaired) electrons. The SMILES string of the molecule is CCC(C)N(Cc1ccncc1)C(=O)c1ccccc1-c1ncn[nH]1. The van der Waals surface area contributed by atoms with Gasteiger partial charge in [-0.05, 0) is 37.1 Å². The van der Waals surface area contributed by atoms with Crippen LogP contribution in [0.4, 0.5) is 0 Å². The van der Waals surface area contributed by atoms with Crippen molar-refractivity contribution in [2.45, 2.75) is 32.9 Å². The fraction of sp³-hybridized carbons (Fsp3) is 0.263. The number of carbonyl (C=O) groups is 1. The Morgan fingerprint density at radius 1 is 1.20 bits per heavy atom. The monoisotopic (exact) mass is 335 g/mol. The Hall–Kier alpha value is -3.02. The van der Waals surface area contributed by atoms with Gasteiger partial charge < -0.3 is 4.90 Å². The molecule has 2 aromatic heterocycles. The lowest BCUT2D eigenvalue weighted by Gasteiger charge is -2.29. The third-order valence-electron chi connectivity index (χ3n) is 4.31. The zero-order valence-corrected chi connectivity index (χ0v) is 14.4. The molecular weight excluding hydrogens is 314 g/mol. The summed E-state index contributed by atoms with van der Waals surface area (Å²) in [7, 11) is 0. The quantitative estimate of drug-likeness (QED) is 0.750. The molecule has 0 fully saturated rings. The zero-order valence-electron chi connectivity index (χ0n) is 14.4. The van der Waals surface area contributed by atoms with E-state index in [1.807, 2.05) is 41.3 Å². The number of benzene rings is 1. The summed E-state index contributed by atoms with van der Waals surface area (Å²) >= 11 is 0. The van der Waals surface area contributed by atoms with E-state index in [2.05, 4.69) is 34.0 Å². The first-order valence-electron chi connectivity index (χ1n) is 8.35. The van der Waals surface area contributed by atoms with Crippen LogP contribution in [0, 0.1) is 0 Å². The number of aromatic amines is 1. The number of pyridine rings is 1. The van der Waals surface area contributed by atoms with E-state index < -0.39 is 0 Å². The summed E-state index contributed by atoms with van der Waals surface area (Å²) in [6.07, 6.45) is 5.81. The minimum absolute atomic E-state index is 0.0156. The van der Waals surface area contributed by atoms with Crippen LogP contribution >= 0.6 is 0 Å². The van der Waals surface area contributed by atoms with E-state index in [9.17, 15) is 4.79 Å². The molecule has 0 spiro atoms. The largest absolute Gasteiger partial charge is 0.332 e. The van der Waals surface area contributed by atoms with Crippen molar-refractivity contribution in [1.82, 2.24) is 25.1 Å². The van der Waals surface area contributed by atoms with E-state index in [4.69, 9.17) is 0 Å². The van der Waals surface area contributed by atoms with E-state index in [1.165, 1.54) is 6.33 Å². The molecule has 2 heterocycles. The highest BCUT2D eigenvalue weighted by atomic mass is 16.2. The summed E-state index contributed by atoms with van der Waals surface area (Å²) < 4.78 is 0. The molecular formula is C19H21N5O. The first-order valence-corrected chi connectivity index (χ1v) is 8.35. The molecule has 3 rings (SSSR count). The van der Waals surface area contributed by atoms with Crippen molar-refractivity contribution in [3.8, 4) is 11.4 Å². The first kappa shape index (κ1) is 16.8. The van der Waals surface area contributed by atoms with E-state index in [-0.39, 0.29) is 11.9 Å². The summed E-state index contributed by atoms with van der Waals surface area (Å²) in [5, 5.41) is 6.74. The lowest BCUT2D eigenvalue weighted by molar-refractivity contribution is 0.0672. The molecule has 1 aromatic carbocycles. The lowest BCUT2D eigenvalue weighted by atomic mass is 10.0. The highest BCUT2D eigenvalue weighted by Crippen LogP contribution is 2.23. The normalized spacial score (nSPS) is 11.9. The van der Waals surface area contributed by atoms with Crippen molar-refractivity contribution >= 4 is 5.91 Å². The maximum Gasteiger partial charge on any atom is 0.255 e. The highest BCUT2D eigenvalue weighted by molar-refractivity contribution is 6.00. The van der Waals surface area contributed by atoms with Gasteiger partial charge in [-0.25, -0.2) is 4.98 Å². The number of H-pyrrole nitrogens is 1. The summed E-state index contributed by atoms with van der Waals surface area (Å²) in [5.74, 6) is 0.579. The molecule has 0 saturated heterocycles. The van der Waals surface area contributed by atoms with Crippen molar-refractivity contribution in [1.29, 1.82) is 0 Å². The van der Waals surface area contributed by atoms with Crippen LogP contribution in [-0.4, -0.2) is 37.0 Å². The van der Waals surface area contributed by atoms with Gasteiger partial charge >= 0.3 is 0 Å². The number of aromatic nitrogens is 4. The van der Waals surface area contributed by atoms with Crippen LogP contribution in [0.2, 0.25) is 0 Å². The van der Waals surface area contributed by atoms with Crippen LogP contribution in [0.25, 0.3) is 11.4 Å². The summed E-state index contributed by atoms with van der Waals surface area (Å²) in [6.45, 7) is 4.69. The Kier molecular flexibility index (Phi) is 5.18. The topological polar surface area (TPSA) is 74.8 Å². The predicted molar refractivity (Wildman–Crippen MR) is 95.7 cm³/mol. The van der Waals surface area contributed by atoms with Gasteiger partial charge in [0.15, 0.2) is 5.82 Å². The van der Waals surface area contributed by atoms with Gasteiger partial charge in [0.25, 0.3) is 5.91 Å². The van der Waals surface area contributed by atoms with Gasteiger partial charge in [0.2, 0.25) is 0 Å². The van der Waals surface area contributed by atoms with Crippen LogP contribution in [0.5, 0.6) is 0 Å². The van der Waals surface area contributed by atoms with Crippen molar-refractivity contribution in [2.75, 3.05) is 0 Å². The molecule has 0 aliphatic carbocycles. The van der Waals surface area contributed by atoms with Gasteiger partial charge in [0, 0.05) is 30.5 Å². The summed E-state index contributed by atoms with van der Waals surface area (Å²) in [4.78, 5) is 23.4. The van der Waals surface area contributed by atoms with Crippen LogP contribution in [0.3, 0.4) is 0 Å². The number of hydrogen-bond acceptors (Lipinski definition) is 4. The van der Waals surface area contributed by atoms with Crippen molar-refractivity contribution in [2.24, 2.45) is 0 Å². The maximum absolute atomic E-state index is 13.3. The molecule has 128 valence electrons. The molecule has 25 heavy (non-hydrogen) atoms. The Morgan fingerprint density at radius 2 is 1.96 bits per heavy atom. The molecule has 3 aromatic rings. The first-order chi connectivity index (χ1) is 12.2. The number of nitrogens with zero attached hydrogens (tertiary/aromatic N) is 4. The standard InChI is InChI=1S/C19H21N5O/c1-3-14(2)24(12-15-8-10-20-11-9-15)19(25)17-7-5-4-6-16(17)18-21-13-22-23-18/h4-11,13-14H,3,12H2,1-2H3,(H,21,22,23). The number of amides is 1. The van der Waals surface area contributed by atoms with Crippen LogP contribution in [0.15, 0.2) is 55.1 Å². The second-order valence-corrected chi connectivity index (χ2v) is 5.93. The molecule has 0 bridgehead atoms. The molecule has 6 nitrogen and oxygen atoms in total. The average Bonchev–Trinajstić information content (AvgIpc) is 3.20. The number of nitrogens with one attached hydrogen (secondary N) is 1. The Labute approximate surface area is 146 Å². The third kappa shape index (κ3) is 3.74. The second-order valence-electron chi connectivity index (χ2n) is 5.93. The average molecular weight is 335 g/mol. The van der Waals surface area contributed by atoms with Crippen molar-refractivity contribution in [3.63, 3.8) is 0 Å². The third-order valence-corrected chi connectivity index (χ3v) is 4.31. The molecule has 6 heteroatoms. The second kappa shape index (κ2) is 7.70. The zero-order chi connectivity index (χ0) is 17.6. The molecule has 0 aliphatic heterocycles. The molecule has 1 N–H and O–H groups in total. The predicted octanol–water partition coefficient (Wildman–Crippen LogP) is 3.31. The lowest BCUT2D eigenvalue weighted by Crippen LogP contribution is -2.38. The Morgan fingerprint density at radius 3 is 2.64 bits per heavy atom. The number of hydrogen-bond donors (Lipinski definition) is 1. The van der Waals surface area contributed by atoms with Gasteiger partial charge in [-0.15, -0.1) is 0 Å². The van der Waals surface area contributed by atoms with E-state index in [0.29, 0.717) is 17.9 Å². The van der Waals surface area contributed by atoms with Gasteiger partial charge in [0.1, 0.15) is 6.33 Å². The number of carbonyl (C=O) groups excluding carboxylic acids is 1. The molecule has 0 saturated carbocycles. The van der Waals surface area contributed by atoms with Gasteiger partial charge in [-0.1, -0.05) is 25.1 Å². The van der Waals surface area contributed by atoms with Crippen LogP contribution < -0.4 is 0 Å². The van der Waals surface area contributed by atoms with Crippen LogP contribution in [-0.2, 0) is 6.54 Å². The van der Waals surface area contributed by atoms with Gasteiger partial charge in [-0.3, -0.25) is 14.9 Å². The van der Waals surface area contributed by atoms with Gasteiger partial charge in [0.05, 0.1) is 5.56 Å². The molecule has 1 unspecified atom stereocenters. The Bertz CT molecular complexity index is 817. The fourth-order valence-electron chi connectivity index (χ4n) is 2.70.